The van der Waals surface area contributed by atoms with Gasteiger partial charge in [-0.15, -0.1) is 0 Å². The zero-order valence-corrected chi connectivity index (χ0v) is 43.4. The summed E-state index contributed by atoms with van der Waals surface area (Å²) < 4.78 is 22.8. The van der Waals surface area contributed by atoms with Gasteiger partial charge in [0, 0.05) is 12.8 Å². The highest BCUT2D eigenvalue weighted by Gasteiger charge is 2.25. The van der Waals surface area contributed by atoms with Gasteiger partial charge in [0.05, 0.1) is 34.4 Å². The number of carbonyl (C=O) groups is 3. The molecule has 0 aromatic heterocycles. The van der Waals surface area contributed by atoms with Crippen molar-refractivity contribution in [3.63, 3.8) is 0 Å². The fourth-order valence-electron chi connectivity index (χ4n) is 7.94. The van der Waals surface area contributed by atoms with Crippen molar-refractivity contribution in [1.82, 2.24) is 0 Å². The minimum Gasteiger partial charge on any atom is -0.477 e. The molecular formula is C56H106NO8+. The highest BCUT2D eigenvalue weighted by molar-refractivity contribution is 5.71. The highest BCUT2D eigenvalue weighted by atomic mass is 16.7. The fraction of sp³-hybridized carbons (Fsp3) is 0.875. The third-order valence-electron chi connectivity index (χ3n) is 12.2. The van der Waals surface area contributed by atoms with Crippen LogP contribution in [0.15, 0.2) is 24.3 Å². The number of carbonyl (C=O) groups excluding carboxylic acids is 2. The molecule has 0 saturated carbocycles. The molecule has 0 spiro atoms. The lowest BCUT2D eigenvalue weighted by Crippen LogP contribution is -2.40. The first-order valence-corrected chi connectivity index (χ1v) is 27.5. The lowest BCUT2D eigenvalue weighted by molar-refractivity contribution is -0.870. The van der Waals surface area contributed by atoms with Gasteiger partial charge in [-0.1, -0.05) is 231 Å². The van der Waals surface area contributed by atoms with Gasteiger partial charge in [0.25, 0.3) is 6.29 Å². The van der Waals surface area contributed by atoms with Crippen LogP contribution in [0.4, 0.5) is 0 Å². The molecule has 0 radical (unpaired) electrons. The number of quaternary nitrogens is 1. The Balaban J connectivity index is 4.12. The average molecular weight is 921 g/mol. The Labute approximate surface area is 401 Å². The fourth-order valence-corrected chi connectivity index (χ4v) is 7.94. The van der Waals surface area contributed by atoms with E-state index in [1.165, 1.54) is 161 Å². The van der Waals surface area contributed by atoms with Gasteiger partial charge < -0.3 is 28.5 Å². The van der Waals surface area contributed by atoms with Crippen LogP contribution in [0.2, 0.25) is 0 Å². The van der Waals surface area contributed by atoms with Crippen molar-refractivity contribution in [2.24, 2.45) is 0 Å². The Bertz CT molecular complexity index is 1120. The van der Waals surface area contributed by atoms with Crippen molar-refractivity contribution < 1.29 is 42.9 Å². The minimum absolute atomic E-state index is 0.183. The van der Waals surface area contributed by atoms with Crippen molar-refractivity contribution in [1.29, 1.82) is 0 Å². The molecule has 0 saturated heterocycles. The number of ether oxygens (including phenoxy) is 4. The number of rotatable bonds is 51. The number of carboxylic acid groups (broad SMARTS) is 1. The van der Waals surface area contributed by atoms with Crippen molar-refractivity contribution in [3.8, 4) is 0 Å². The van der Waals surface area contributed by atoms with Gasteiger partial charge in [0.1, 0.15) is 13.2 Å². The van der Waals surface area contributed by atoms with E-state index < -0.39 is 24.3 Å². The number of hydrogen-bond acceptors (Lipinski definition) is 7. The number of allylic oxidation sites excluding steroid dienone is 4. The molecule has 0 heterocycles. The number of carboxylic acids is 1. The van der Waals surface area contributed by atoms with Crippen molar-refractivity contribution in [3.05, 3.63) is 24.3 Å². The monoisotopic (exact) mass is 921 g/mol. The van der Waals surface area contributed by atoms with Gasteiger partial charge in [0.2, 0.25) is 0 Å². The average Bonchev–Trinajstić information content (AvgIpc) is 3.27. The number of nitrogens with zero attached hydrogens (tertiary/aromatic N) is 1. The normalized spacial score (nSPS) is 12.9. The summed E-state index contributed by atoms with van der Waals surface area (Å²) in [5, 5.41) is 9.66. The molecule has 382 valence electrons. The van der Waals surface area contributed by atoms with Crippen LogP contribution in [0.3, 0.4) is 0 Å². The summed E-state index contributed by atoms with van der Waals surface area (Å²) in [4.78, 5) is 37.3. The van der Waals surface area contributed by atoms with Crippen LogP contribution in [0.5, 0.6) is 0 Å². The van der Waals surface area contributed by atoms with Crippen molar-refractivity contribution >= 4 is 17.9 Å². The molecule has 65 heavy (non-hydrogen) atoms. The van der Waals surface area contributed by atoms with E-state index in [0.29, 0.717) is 23.9 Å². The van der Waals surface area contributed by atoms with E-state index in [4.69, 9.17) is 18.9 Å². The summed E-state index contributed by atoms with van der Waals surface area (Å²) in [6.45, 7) is 4.83. The molecule has 9 nitrogen and oxygen atoms in total. The zero-order valence-electron chi connectivity index (χ0n) is 43.4. The van der Waals surface area contributed by atoms with E-state index in [-0.39, 0.29) is 32.2 Å². The SMILES string of the molecule is CCC/C=C\C/C=C\CCCCCCCC(=O)OC(COC(=O)CCCCCCCCCCCCCCCCCCCCCCCCCCCCC)COC(OCC[N+](C)(C)C)C(=O)O. The molecule has 0 bridgehead atoms. The summed E-state index contributed by atoms with van der Waals surface area (Å²) in [5.74, 6) is -2.01. The predicted octanol–water partition coefficient (Wildman–Crippen LogP) is 15.6. The van der Waals surface area contributed by atoms with Crippen LogP contribution in [0, 0.1) is 0 Å². The second-order valence-electron chi connectivity index (χ2n) is 19.9. The van der Waals surface area contributed by atoms with Gasteiger partial charge in [-0.2, -0.15) is 0 Å². The molecule has 9 heteroatoms. The van der Waals surface area contributed by atoms with Crippen molar-refractivity contribution in [2.45, 2.75) is 270 Å². The first kappa shape index (κ1) is 62.8. The molecule has 1 N–H and O–H groups in total. The summed E-state index contributed by atoms with van der Waals surface area (Å²) >= 11 is 0. The third kappa shape index (κ3) is 49.5. The molecule has 0 aromatic carbocycles. The largest absolute Gasteiger partial charge is 0.477 e. The number of likely N-dealkylation sites (N-methyl/N-ethyl adjacent to an activating group) is 1. The first-order valence-electron chi connectivity index (χ1n) is 27.5. The number of aliphatic carboxylic acids is 1. The maximum absolute atomic E-state index is 12.8. The number of unbranched alkanes of at least 4 members (excludes halogenated alkanes) is 32. The van der Waals surface area contributed by atoms with E-state index in [1.54, 1.807) is 0 Å². The standard InChI is InChI=1S/C56H105NO8/c1-6-8-10-12-14-16-18-20-21-22-23-24-25-26-27-28-29-30-31-32-33-35-36-38-40-42-44-46-53(58)63-50-52(51-64-56(55(60)61)62-49-48-57(3,4)5)65-54(59)47-45-43-41-39-37-34-19-17-15-13-11-9-7-2/h11,13,17,19,52,56H,6-10,12,14-16,18,20-51H2,1-5H3/p+1/b13-11-,19-17-. The Kier molecular flexibility index (Phi) is 46.6. The Morgan fingerprint density at radius 2 is 0.862 bits per heavy atom. The second-order valence-corrected chi connectivity index (χ2v) is 19.9. The summed E-state index contributed by atoms with van der Waals surface area (Å²) in [6.07, 6.45) is 52.7. The van der Waals surface area contributed by atoms with E-state index in [2.05, 4.69) is 38.2 Å². The van der Waals surface area contributed by atoms with Crippen LogP contribution < -0.4 is 0 Å². The first-order chi connectivity index (χ1) is 31.6. The molecule has 0 aliphatic rings. The zero-order chi connectivity index (χ0) is 47.7. The van der Waals surface area contributed by atoms with E-state index in [9.17, 15) is 19.5 Å². The van der Waals surface area contributed by atoms with Crippen molar-refractivity contribution in [2.75, 3.05) is 47.5 Å². The minimum atomic E-state index is -1.51. The van der Waals surface area contributed by atoms with Crippen LogP contribution in [-0.4, -0.2) is 87.4 Å². The predicted molar refractivity (Wildman–Crippen MR) is 272 cm³/mol. The quantitative estimate of drug-likeness (QED) is 0.0211. The third-order valence-corrected chi connectivity index (χ3v) is 12.2. The Morgan fingerprint density at radius 1 is 0.462 bits per heavy atom. The van der Waals surface area contributed by atoms with Gasteiger partial charge in [-0.05, 0) is 38.5 Å². The molecule has 0 aliphatic heterocycles. The van der Waals surface area contributed by atoms with Crippen LogP contribution >= 0.6 is 0 Å². The Hall–Kier alpha value is -2.23. The molecule has 0 rings (SSSR count). The van der Waals surface area contributed by atoms with E-state index >= 15 is 0 Å². The van der Waals surface area contributed by atoms with Gasteiger partial charge in [0.15, 0.2) is 6.10 Å². The number of esters is 2. The maximum Gasteiger partial charge on any atom is 0.361 e. The smallest absolute Gasteiger partial charge is 0.361 e. The molecular weight excluding hydrogens is 815 g/mol. The molecule has 0 fully saturated rings. The Morgan fingerprint density at radius 3 is 1.28 bits per heavy atom. The summed E-state index contributed by atoms with van der Waals surface area (Å²) in [6, 6.07) is 0. The summed E-state index contributed by atoms with van der Waals surface area (Å²) in [5.41, 5.74) is 0. The van der Waals surface area contributed by atoms with Crippen LogP contribution in [-0.2, 0) is 33.3 Å². The molecule has 0 aliphatic carbocycles. The van der Waals surface area contributed by atoms with Gasteiger partial charge in [-0.3, -0.25) is 9.59 Å². The van der Waals surface area contributed by atoms with E-state index in [1.807, 2.05) is 21.1 Å². The van der Waals surface area contributed by atoms with Gasteiger partial charge >= 0.3 is 17.9 Å². The molecule has 2 unspecified atom stereocenters. The lowest BCUT2D eigenvalue weighted by Gasteiger charge is -2.25. The van der Waals surface area contributed by atoms with Crippen LogP contribution in [0.1, 0.15) is 258 Å². The van der Waals surface area contributed by atoms with Gasteiger partial charge in [-0.25, -0.2) is 4.79 Å². The molecule has 0 amide bonds. The second kappa shape index (κ2) is 48.2. The number of hydrogen-bond donors (Lipinski definition) is 1. The maximum atomic E-state index is 12.8. The van der Waals surface area contributed by atoms with E-state index in [0.717, 1.165) is 64.2 Å². The molecule has 2 atom stereocenters. The summed E-state index contributed by atoms with van der Waals surface area (Å²) in [7, 11) is 5.96. The molecule has 0 aromatic rings. The lowest BCUT2D eigenvalue weighted by atomic mass is 10.0. The van der Waals surface area contributed by atoms with Crippen LogP contribution in [0.25, 0.3) is 0 Å². The highest BCUT2D eigenvalue weighted by Crippen LogP contribution is 2.17. The topological polar surface area (TPSA) is 108 Å².